The Labute approximate surface area is 128 Å². The number of nitrogens with zero attached hydrogens (tertiary/aromatic N) is 1. The number of carbonyl (C=O) groups is 2. The molecule has 8 heteroatoms. The number of fused-ring (bicyclic) bond motifs is 2. The summed E-state index contributed by atoms with van der Waals surface area (Å²) in [6.07, 6.45) is 0.431. The average Bonchev–Trinajstić information content (AvgIpc) is 2.69. The molecule has 2 heterocycles. The van der Waals surface area contributed by atoms with Crippen LogP contribution in [0.5, 0.6) is 0 Å². The number of amides is 1. The van der Waals surface area contributed by atoms with Gasteiger partial charge in [0.05, 0.1) is 7.11 Å². The Balaban J connectivity index is 2.06. The molecule has 2 aliphatic rings. The average molecular weight is 400 g/mol. The van der Waals surface area contributed by atoms with E-state index < -0.39 is 12.1 Å². The maximum Gasteiger partial charge on any atom is 0.410 e. The van der Waals surface area contributed by atoms with E-state index in [9.17, 15) is 9.59 Å². The van der Waals surface area contributed by atoms with Crippen LogP contribution in [0.2, 0.25) is 0 Å². The number of carbonyl (C=O) groups excluding carboxylic acids is 2. The Morgan fingerprint density at radius 3 is 2.95 bits per heavy atom. The zero-order chi connectivity index (χ0) is 13.8. The Hall–Kier alpha value is -0.220. The molecule has 0 radical (unpaired) electrons. The van der Waals surface area contributed by atoms with Crippen molar-refractivity contribution in [2.45, 2.75) is 18.5 Å². The van der Waals surface area contributed by atoms with Gasteiger partial charge in [-0.3, -0.25) is 4.90 Å². The number of hydrogen-bond acceptors (Lipinski definition) is 6. The summed E-state index contributed by atoms with van der Waals surface area (Å²) >= 11 is 2.16. The summed E-state index contributed by atoms with van der Waals surface area (Å²) in [6.45, 7) is 1.81. The summed E-state index contributed by atoms with van der Waals surface area (Å²) in [5, 5.41) is 3.25. The van der Waals surface area contributed by atoms with Crippen LogP contribution in [-0.2, 0) is 14.3 Å². The molecule has 2 fully saturated rings. The highest BCUT2D eigenvalue weighted by Gasteiger charge is 2.50. The quantitative estimate of drug-likeness (QED) is 0.432. The number of likely N-dealkylation sites (tertiary alicyclic amines) is 1. The van der Waals surface area contributed by atoms with Gasteiger partial charge >= 0.3 is 12.1 Å². The summed E-state index contributed by atoms with van der Waals surface area (Å²) in [4.78, 5) is 25.6. The molecule has 0 aliphatic carbocycles. The lowest BCUT2D eigenvalue weighted by molar-refractivity contribution is -0.146. The van der Waals surface area contributed by atoms with Crippen LogP contribution in [-0.4, -0.2) is 61.6 Å². The number of piperidine rings is 1. The SMILES string of the molecule is COC(=O)C1C2CNCC(C2)N1C(=O)OCCSI. The molecule has 0 saturated carbocycles. The van der Waals surface area contributed by atoms with Crippen molar-refractivity contribution in [2.24, 2.45) is 5.92 Å². The van der Waals surface area contributed by atoms with E-state index in [-0.39, 0.29) is 17.9 Å². The van der Waals surface area contributed by atoms with Crippen molar-refractivity contribution in [3.8, 4) is 0 Å². The summed E-state index contributed by atoms with van der Waals surface area (Å²) < 4.78 is 10.1. The molecule has 108 valence electrons. The van der Waals surface area contributed by atoms with Crippen LogP contribution in [0.25, 0.3) is 0 Å². The van der Waals surface area contributed by atoms with Crippen molar-refractivity contribution in [3.63, 3.8) is 0 Å². The van der Waals surface area contributed by atoms with Crippen LogP contribution in [0.4, 0.5) is 4.79 Å². The first-order valence-corrected chi connectivity index (χ1v) is 9.69. The van der Waals surface area contributed by atoms with Gasteiger partial charge in [-0.2, -0.15) is 0 Å². The summed E-state index contributed by atoms with van der Waals surface area (Å²) in [7, 11) is 2.94. The van der Waals surface area contributed by atoms with Crippen LogP contribution in [0.1, 0.15) is 6.42 Å². The second kappa shape index (κ2) is 6.98. The van der Waals surface area contributed by atoms with E-state index in [0.717, 1.165) is 18.7 Å². The third kappa shape index (κ3) is 3.27. The fourth-order valence-electron chi connectivity index (χ4n) is 2.78. The lowest BCUT2D eigenvalue weighted by Crippen LogP contribution is -2.47. The van der Waals surface area contributed by atoms with Crippen LogP contribution in [0.15, 0.2) is 0 Å². The predicted octanol–water partition coefficient (Wildman–Crippen LogP) is 1.04. The number of esters is 1. The number of hydrogen-bond donors (Lipinski definition) is 1. The van der Waals surface area contributed by atoms with Gasteiger partial charge in [-0.25, -0.2) is 9.59 Å². The number of methoxy groups -OCH3 is 1. The third-order valence-corrected chi connectivity index (χ3v) is 5.18. The first kappa shape index (κ1) is 15.2. The van der Waals surface area contributed by atoms with E-state index in [2.05, 4.69) is 26.5 Å². The first-order chi connectivity index (χ1) is 9.19. The van der Waals surface area contributed by atoms with E-state index >= 15 is 0 Å². The molecule has 6 nitrogen and oxygen atoms in total. The van der Waals surface area contributed by atoms with Gasteiger partial charge in [0.25, 0.3) is 0 Å². The minimum Gasteiger partial charge on any atom is -0.467 e. The number of halogens is 1. The van der Waals surface area contributed by atoms with Crippen molar-refractivity contribution in [3.05, 3.63) is 0 Å². The number of nitrogens with one attached hydrogen (secondary N) is 1. The Morgan fingerprint density at radius 1 is 1.47 bits per heavy atom. The predicted molar refractivity (Wildman–Crippen MR) is 80.2 cm³/mol. The molecule has 2 saturated heterocycles. The maximum atomic E-state index is 12.2. The van der Waals surface area contributed by atoms with Gasteiger partial charge in [0.2, 0.25) is 0 Å². The summed E-state index contributed by atoms with van der Waals surface area (Å²) in [5.41, 5.74) is 0. The molecule has 0 aromatic carbocycles. The molecule has 2 bridgehead atoms. The molecular weight excluding hydrogens is 383 g/mol. The molecule has 0 aromatic heterocycles. The molecule has 1 amide bonds. The Morgan fingerprint density at radius 2 is 2.26 bits per heavy atom. The van der Waals surface area contributed by atoms with Gasteiger partial charge in [0.15, 0.2) is 0 Å². The van der Waals surface area contributed by atoms with E-state index in [1.807, 2.05) is 0 Å². The van der Waals surface area contributed by atoms with Crippen LogP contribution in [0.3, 0.4) is 0 Å². The van der Waals surface area contributed by atoms with Gasteiger partial charge in [-0.1, -0.05) is 8.93 Å². The van der Waals surface area contributed by atoms with Crippen molar-refractivity contribution in [1.29, 1.82) is 0 Å². The van der Waals surface area contributed by atoms with Gasteiger partial charge in [0, 0.05) is 30.8 Å². The molecule has 1 N–H and O–H groups in total. The molecule has 0 aromatic rings. The third-order valence-electron chi connectivity index (χ3n) is 3.54. The standard InChI is InChI=1S/C11H17IN2O4S/c1-17-10(15)9-7-4-8(6-13-5-7)14(9)11(16)18-2-3-19-12/h7-9,13H,2-6H2,1H3. The van der Waals surface area contributed by atoms with Crippen LogP contribution < -0.4 is 5.32 Å². The van der Waals surface area contributed by atoms with Crippen molar-refractivity contribution in [2.75, 3.05) is 32.6 Å². The Kier molecular flexibility index (Phi) is 5.58. The molecule has 2 rings (SSSR count). The summed E-state index contributed by atoms with van der Waals surface area (Å²) in [6, 6.07) is -0.479. The zero-order valence-electron chi connectivity index (χ0n) is 10.6. The smallest absolute Gasteiger partial charge is 0.410 e. The molecule has 3 atom stereocenters. The highest BCUT2D eigenvalue weighted by atomic mass is 127. The molecule has 19 heavy (non-hydrogen) atoms. The highest BCUT2D eigenvalue weighted by Crippen LogP contribution is 2.33. The largest absolute Gasteiger partial charge is 0.467 e. The number of ether oxygens (including phenoxy) is 2. The number of rotatable bonds is 4. The van der Waals surface area contributed by atoms with Gasteiger partial charge < -0.3 is 14.8 Å². The van der Waals surface area contributed by atoms with E-state index in [1.165, 1.54) is 7.11 Å². The minimum absolute atomic E-state index is 0.0302. The first-order valence-electron chi connectivity index (χ1n) is 6.16. The van der Waals surface area contributed by atoms with Gasteiger partial charge in [0.1, 0.15) is 12.6 Å². The molecule has 3 unspecified atom stereocenters. The van der Waals surface area contributed by atoms with E-state index in [0.29, 0.717) is 13.2 Å². The lowest BCUT2D eigenvalue weighted by atomic mass is 9.96. The Bertz CT molecular complexity index is 358. The van der Waals surface area contributed by atoms with Crippen LogP contribution >= 0.6 is 30.1 Å². The van der Waals surface area contributed by atoms with Gasteiger partial charge in [-0.15, -0.1) is 0 Å². The van der Waals surface area contributed by atoms with E-state index in [1.54, 1.807) is 13.8 Å². The second-order valence-electron chi connectivity index (χ2n) is 4.61. The monoisotopic (exact) mass is 400 g/mol. The normalized spacial score (nSPS) is 29.2. The maximum absolute atomic E-state index is 12.2. The molecular formula is C11H17IN2O4S. The second-order valence-corrected chi connectivity index (χ2v) is 7.11. The minimum atomic E-state index is -0.509. The van der Waals surface area contributed by atoms with Crippen molar-refractivity contribution >= 4 is 42.2 Å². The topological polar surface area (TPSA) is 67.9 Å². The van der Waals surface area contributed by atoms with E-state index in [4.69, 9.17) is 9.47 Å². The van der Waals surface area contributed by atoms with Gasteiger partial charge in [-0.05, 0) is 27.6 Å². The molecule has 2 aliphatic heterocycles. The van der Waals surface area contributed by atoms with Crippen molar-refractivity contribution < 1.29 is 19.1 Å². The lowest BCUT2D eigenvalue weighted by Gasteiger charge is -2.27. The van der Waals surface area contributed by atoms with Crippen molar-refractivity contribution in [1.82, 2.24) is 10.2 Å². The fourth-order valence-corrected chi connectivity index (χ4v) is 3.47. The summed E-state index contributed by atoms with van der Waals surface area (Å²) in [5.74, 6) is 0.518. The highest BCUT2D eigenvalue weighted by molar-refractivity contribution is 14.2. The van der Waals surface area contributed by atoms with Crippen LogP contribution in [0, 0.1) is 5.92 Å². The zero-order valence-corrected chi connectivity index (χ0v) is 13.6. The fraction of sp³-hybridized carbons (Fsp3) is 0.818. The molecule has 0 spiro atoms.